The van der Waals surface area contributed by atoms with Crippen LogP contribution in [0.1, 0.15) is 399 Å². The van der Waals surface area contributed by atoms with Gasteiger partial charge in [0.05, 0.1) is 38.6 Å². The maximum Gasteiger partial charge on any atom is 0.220 e. The molecule has 0 aromatic heterocycles. The Morgan fingerprint density at radius 1 is 0.319 bits per heavy atom. The summed E-state index contributed by atoms with van der Waals surface area (Å²) < 4.78 is 34.5. The van der Waals surface area contributed by atoms with E-state index < -0.39 is 124 Å². The van der Waals surface area contributed by atoms with Crippen LogP contribution in [0.5, 0.6) is 0 Å². The Morgan fingerprint density at radius 3 is 0.947 bits per heavy atom. The Morgan fingerprint density at radius 2 is 0.593 bits per heavy atom. The Labute approximate surface area is 687 Å². The number of aliphatic hydroxyl groups is 11. The largest absolute Gasteiger partial charge is 0.394 e. The van der Waals surface area contributed by atoms with Crippen LogP contribution in [0.2, 0.25) is 0 Å². The first-order chi connectivity index (χ1) is 55.3. The van der Waals surface area contributed by atoms with Gasteiger partial charge >= 0.3 is 0 Å². The summed E-state index contributed by atoms with van der Waals surface area (Å²) in [6.07, 6.45) is 71.1. The van der Waals surface area contributed by atoms with E-state index in [1.54, 1.807) is 6.08 Å². The minimum absolute atomic E-state index is 0.238. The van der Waals surface area contributed by atoms with Gasteiger partial charge in [-0.1, -0.05) is 383 Å². The molecule has 3 heterocycles. The second kappa shape index (κ2) is 73.4. The summed E-state index contributed by atoms with van der Waals surface area (Å²) in [6, 6.07) is -0.992. The summed E-state index contributed by atoms with van der Waals surface area (Å²) in [5.41, 5.74) is 0. The van der Waals surface area contributed by atoms with Gasteiger partial charge in [-0.25, -0.2) is 0 Å². The van der Waals surface area contributed by atoms with Crippen molar-refractivity contribution in [2.45, 2.75) is 503 Å². The number of hydrogen-bond acceptors (Lipinski definition) is 18. The van der Waals surface area contributed by atoms with E-state index in [9.17, 15) is 61.0 Å². The second-order valence-electron chi connectivity index (χ2n) is 33.5. The minimum atomic E-state index is -1.98. The highest BCUT2D eigenvalue weighted by molar-refractivity contribution is 5.76. The predicted octanol–water partition coefficient (Wildman–Crippen LogP) is 18.5. The molecular formula is C94H173NO18. The molecule has 17 unspecified atom stereocenters. The van der Waals surface area contributed by atoms with E-state index in [1.165, 1.54) is 315 Å². The molecule has 12 N–H and O–H groups in total. The molecule has 662 valence electrons. The molecule has 0 aromatic rings. The first-order valence-corrected chi connectivity index (χ1v) is 47.0. The molecule has 0 saturated carbocycles. The quantitative estimate of drug-likeness (QED) is 0.0199. The van der Waals surface area contributed by atoms with E-state index in [4.69, 9.17) is 28.4 Å². The van der Waals surface area contributed by atoms with Gasteiger partial charge in [-0.15, -0.1) is 0 Å². The predicted molar refractivity (Wildman–Crippen MR) is 457 cm³/mol. The smallest absolute Gasteiger partial charge is 0.220 e. The normalized spacial score (nSPS) is 25.1. The summed E-state index contributed by atoms with van der Waals surface area (Å²) in [5.74, 6) is -0.278. The number of carbonyl (C=O) groups is 1. The standard InChI is InChI=1S/C94H173NO18/c1-3-5-7-9-11-13-15-17-19-21-23-25-27-29-31-33-34-35-36-37-38-39-40-41-42-44-46-48-50-52-54-56-58-60-62-64-66-68-70-72-82(100)95-77(78(99)71-69-67-65-63-61-59-57-55-53-51-49-47-45-43-32-30-28-26-24-22-20-18-16-14-12-10-8-6-4-2)76-108-92-88(106)85(103)90(80(74-97)110-92)113-94-89(107)86(104)91(81(75-98)111-94)112-93-87(105)84(102)83(101)79(73-96)109-93/h15,17,21,23,27,29,61,63,69,71,77-81,83-94,96-99,101-107H,3-14,16,18-20,22,24-26,28,30-60,62,64-68,70,72-76H2,1-2H3,(H,95,100)/b17-15-,23-21-,29-27-,63-61+,71-69+. The van der Waals surface area contributed by atoms with E-state index in [-0.39, 0.29) is 18.9 Å². The van der Waals surface area contributed by atoms with Crippen LogP contribution in [-0.4, -0.2) is 193 Å². The zero-order valence-electron chi connectivity index (χ0n) is 71.6. The van der Waals surface area contributed by atoms with Crippen molar-refractivity contribution in [3.8, 4) is 0 Å². The van der Waals surface area contributed by atoms with Crippen LogP contribution in [0.4, 0.5) is 0 Å². The molecule has 0 aliphatic carbocycles. The lowest BCUT2D eigenvalue weighted by molar-refractivity contribution is -0.379. The number of unbranched alkanes of at least 4 members (excludes halogenated alkanes) is 53. The van der Waals surface area contributed by atoms with Gasteiger partial charge in [0, 0.05) is 6.42 Å². The van der Waals surface area contributed by atoms with Crippen molar-refractivity contribution in [2.24, 2.45) is 0 Å². The van der Waals surface area contributed by atoms with Gasteiger partial charge in [-0.3, -0.25) is 4.79 Å². The van der Waals surface area contributed by atoms with Crippen molar-refractivity contribution in [2.75, 3.05) is 26.4 Å². The van der Waals surface area contributed by atoms with Crippen molar-refractivity contribution in [1.29, 1.82) is 0 Å². The molecule has 17 atom stereocenters. The summed E-state index contributed by atoms with van der Waals surface area (Å²) in [6.45, 7) is 1.77. The van der Waals surface area contributed by atoms with Gasteiger partial charge in [0.1, 0.15) is 73.2 Å². The number of carbonyl (C=O) groups excluding carboxylic acids is 1. The third kappa shape index (κ3) is 51.7. The molecule has 1 amide bonds. The summed E-state index contributed by atoms with van der Waals surface area (Å²) in [7, 11) is 0. The third-order valence-corrected chi connectivity index (χ3v) is 23.3. The third-order valence-electron chi connectivity index (χ3n) is 23.3. The van der Waals surface area contributed by atoms with Crippen molar-refractivity contribution >= 4 is 5.91 Å². The Hall–Kier alpha value is -2.51. The highest BCUT2D eigenvalue weighted by Crippen LogP contribution is 2.34. The van der Waals surface area contributed by atoms with Crippen LogP contribution in [0.15, 0.2) is 60.8 Å². The van der Waals surface area contributed by atoms with Gasteiger partial charge in [-0.2, -0.15) is 0 Å². The number of ether oxygens (including phenoxy) is 6. The van der Waals surface area contributed by atoms with Gasteiger partial charge in [0.15, 0.2) is 18.9 Å². The van der Waals surface area contributed by atoms with E-state index in [0.717, 1.165) is 51.4 Å². The van der Waals surface area contributed by atoms with E-state index in [1.807, 2.05) is 6.08 Å². The van der Waals surface area contributed by atoms with Gasteiger partial charge in [0.25, 0.3) is 0 Å². The molecule has 0 radical (unpaired) electrons. The molecule has 0 bridgehead atoms. The molecule has 3 aliphatic rings. The fraction of sp³-hybridized carbons (Fsp3) is 0.883. The zero-order valence-corrected chi connectivity index (χ0v) is 71.6. The number of rotatable bonds is 77. The maximum absolute atomic E-state index is 13.5. The van der Waals surface area contributed by atoms with Gasteiger partial charge in [0.2, 0.25) is 5.91 Å². The van der Waals surface area contributed by atoms with Crippen molar-refractivity contribution in [1.82, 2.24) is 5.32 Å². The van der Waals surface area contributed by atoms with Crippen LogP contribution in [0.25, 0.3) is 0 Å². The molecule has 19 nitrogen and oxygen atoms in total. The SMILES string of the molecule is CCCCCCC/C=C\C/C=C\C/C=C\CCCCCCCCCCCCCCCCCCCCCCCCCCC(=O)NC(COC1OC(CO)C(OC2OC(CO)C(OC3OC(CO)C(O)C(O)C3O)C(O)C2O)C(O)C1O)C(O)/C=C/CC/C=C/CCCCCCCCCCCCCCCCCCCCCCCCC. The molecule has 113 heavy (non-hydrogen) atoms. The number of amides is 1. The van der Waals surface area contributed by atoms with Crippen molar-refractivity contribution < 1.29 is 89.4 Å². The van der Waals surface area contributed by atoms with Crippen LogP contribution in [0.3, 0.4) is 0 Å². The summed E-state index contributed by atoms with van der Waals surface area (Å²) in [4.78, 5) is 13.5. The van der Waals surface area contributed by atoms with Gasteiger partial charge in [-0.05, 0) is 70.6 Å². The monoisotopic (exact) mass is 1600 g/mol. The number of aliphatic hydroxyl groups excluding tert-OH is 11. The zero-order chi connectivity index (χ0) is 81.7. The molecule has 0 spiro atoms. The lowest BCUT2D eigenvalue weighted by atomic mass is 9.96. The lowest BCUT2D eigenvalue weighted by Crippen LogP contribution is -2.66. The Kier molecular flexibility index (Phi) is 68.0. The fourth-order valence-electron chi connectivity index (χ4n) is 15.8. The molecule has 3 aliphatic heterocycles. The van der Waals surface area contributed by atoms with Crippen molar-refractivity contribution in [3.05, 3.63) is 60.8 Å². The molecule has 3 rings (SSSR count). The summed E-state index contributed by atoms with van der Waals surface area (Å²) in [5, 5.41) is 121. The average Bonchev–Trinajstić information content (AvgIpc) is 0.780. The molecule has 3 saturated heterocycles. The highest BCUT2D eigenvalue weighted by atomic mass is 16.8. The highest BCUT2D eigenvalue weighted by Gasteiger charge is 2.54. The van der Waals surface area contributed by atoms with Crippen LogP contribution in [-0.2, 0) is 33.2 Å². The van der Waals surface area contributed by atoms with Crippen LogP contribution < -0.4 is 5.32 Å². The molecule has 3 fully saturated rings. The first kappa shape index (κ1) is 105. The van der Waals surface area contributed by atoms with Crippen molar-refractivity contribution in [3.63, 3.8) is 0 Å². The first-order valence-electron chi connectivity index (χ1n) is 47.0. The van der Waals surface area contributed by atoms with Gasteiger partial charge < -0.3 is 89.9 Å². The molecular weight excluding hydrogens is 1430 g/mol. The number of nitrogens with one attached hydrogen (secondary N) is 1. The Bertz CT molecular complexity index is 2270. The number of hydrogen-bond donors (Lipinski definition) is 12. The second-order valence-corrected chi connectivity index (χ2v) is 33.5. The Balaban J connectivity index is 1.31. The lowest BCUT2D eigenvalue weighted by Gasteiger charge is -2.48. The van der Waals surface area contributed by atoms with Crippen LogP contribution in [0, 0.1) is 0 Å². The van der Waals surface area contributed by atoms with E-state index >= 15 is 0 Å². The molecule has 0 aromatic carbocycles. The van der Waals surface area contributed by atoms with Crippen LogP contribution >= 0.6 is 0 Å². The average molecular weight is 1610 g/mol. The van der Waals surface area contributed by atoms with E-state index in [2.05, 4.69) is 67.8 Å². The van der Waals surface area contributed by atoms with E-state index in [0.29, 0.717) is 12.8 Å². The molecule has 19 heteroatoms. The summed E-state index contributed by atoms with van der Waals surface area (Å²) >= 11 is 0. The fourth-order valence-corrected chi connectivity index (χ4v) is 15.8. The number of allylic oxidation sites excluding steroid dienone is 9. The topological polar surface area (TPSA) is 307 Å². The minimum Gasteiger partial charge on any atom is -0.394 e. The maximum atomic E-state index is 13.5.